The second kappa shape index (κ2) is 7.70. The maximum Gasteiger partial charge on any atom is 0.414 e. The Bertz CT molecular complexity index is 760. The van der Waals surface area contributed by atoms with E-state index in [4.69, 9.17) is 19.5 Å². The summed E-state index contributed by atoms with van der Waals surface area (Å²) >= 11 is 0. The highest BCUT2D eigenvalue weighted by Crippen LogP contribution is 2.38. The summed E-state index contributed by atoms with van der Waals surface area (Å²) in [5, 5.41) is 8.86. The minimum absolute atomic E-state index is 0.0208. The van der Waals surface area contributed by atoms with Gasteiger partial charge in [-0.3, -0.25) is 4.90 Å². The number of hydrogen-bond acceptors (Lipinski definition) is 6. The molecule has 0 saturated carbocycles. The van der Waals surface area contributed by atoms with Crippen molar-refractivity contribution in [2.24, 2.45) is 5.41 Å². The van der Waals surface area contributed by atoms with Crippen LogP contribution in [0, 0.1) is 16.7 Å². The van der Waals surface area contributed by atoms with Gasteiger partial charge < -0.3 is 14.2 Å². The van der Waals surface area contributed by atoms with Crippen LogP contribution in [0.25, 0.3) is 0 Å². The molecule has 1 aromatic rings. The normalized spacial score (nSPS) is 22.0. The van der Waals surface area contributed by atoms with Crippen molar-refractivity contribution in [2.75, 3.05) is 13.2 Å². The molecule has 27 heavy (non-hydrogen) atoms. The van der Waals surface area contributed by atoms with E-state index in [1.807, 2.05) is 26.8 Å². The largest absolute Gasteiger partial charge is 0.491 e. The first kappa shape index (κ1) is 20.3. The molecule has 0 aromatic heterocycles. The number of nitriles is 1. The highest BCUT2D eigenvalue weighted by molar-refractivity contribution is 5.88. The number of carbonyl (C=O) groups is 2. The first-order chi connectivity index (χ1) is 12.6. The molecule has 2 atom stereocenters. The first-order valence-electron chi connectivity index (χ1n) is 8.54. The number of esters is 1. The molecule has 0 aliphatic carbocycles. The Kier molecular flexibility index (Phi) is 5.79. The topological polar surface area (TPSA) is 88.9 Å². The average Bonchev–Trinajstić information content (AvgIpc) is 2.90. The van der Waals surface area contributed by atoms with E-state index in [0.29, 0.717) is 11.3 Å². The van der Waals surface area contributed by atoms with Crippen molar-refractivity contribution in [1.29, 1.82) is 5.26 Å². The average molecular weight is 372 g/mol. The summed E-state index contributed by atoms with van der Waals surface area (Å²) in [5.74, 6) is -0.0896. The SMILES string of the molecule is C=CCOC(=O)N1C(C(C)(C)C)OC(=O)C1(C)COc1ccc(C#N)cc1. The molecule has 1 aromatic carbocycles. The molecule has 1 aliphatic heterocycles. The van der Waals surface area contributed by atoms with Crippen molar-refractivity contribution in [2.45, 2.75) is 39.5 Å². The van der Waals surface area contributed by atoms with Gasteiger partial charge in [-0.2, -0.15) is 5.26 Å². The standard InChI is InChI=1S/C20H24N2O5/c1-6-11-25-18(24)22-16(19(2,3)4)27-17(23)20(22,5)13-26-15-9-7-14(12-21)8-10-15/h6-10,16H,1,11,13H2,2-5H3. The predicted octanol–water partition coefficient (Wildman–Crippen LogP) is 3.25. The summed E-state index contributed by atoms with van der Waals surface area (Å²) in [4.78, 5) is 26.6. The van der Waals surface area contributed by atoms with E-state index in [0.717, 1.165) is 0 Å². The van der Waals surface area contributed by atoms with Gasteiger partial charge in [-0.1, -0.05) is 33.4 Å². The third-order valence-electron chi connectivity index (χ3n) is 4.19. The van der Waals surface area contributed by atoms with Gasteiger partial charge in [-0.15, -0.1) is 0 Å². The molecule has 2 unspecified atom stereocenters. The van der Waals surface area contributed by atoms with Crippen molar-refractivity contribution >= 4 is 12.1 Å². The summed E-state index contributed by atoms with van der Waals surface area (Å²) in [6, 6.07) is 8.50. The van der Waals surface area contributed by atoms with Crippen LogP contribution >= 0.6 is 0 Å². The van der Waals surface area contributed by atoms with Gasteiger partial charge in [-0.05, 0) is 31.2 Å². The molecule has 7 heteroatoms. The van der Waals surface area contributed by atoms with Crippen LogP contribution in [0.3, 0.4) is 0 Å². The van der Waals surface area contributed by atoms with Gasteiger partial charge >= 0.3 is 12.1 Å². The Labute approximate surface area is 159 Å². The lowest BCUT2D eigenvalue weighted by atomic mass is 9.92. The Hall–Kier alpha value is -3.01. The molecule has 0 bridgehead atoms. The lowest BCUT2D eigenvalue weighted by molar-refractivity contribution is -0.149. The van der Waals surface area contributed by atoms with Crippen LogP contribution in [0.4, 0.5) is 4.79 Å². The van der Waals surface area contributed by atoms with Crippen LogP contribution in [0.15, 0.2) is 36.9 Å². The molecule has 7 nitrogen and oxygen atoms in total. The van der Waals surface area contributed by atoms with E-state index in [-0.39, 0.29) is 13.2 Å². The van der Waals surface area contributed by atoms with Gasteiger partial charge in [0.15, 0.2) is 11.8 Å². The third kappa shape index (κ3) is 4.22. The highest BCUT2D eigenvalue weighted by Gasteiger charge is 2.59. The molecule has 0 radical (unpaired) electrons. The number of cyclic esters (lactones) is 1. The van der Waals surface area contributed by atoms with Gasteiger partial charge in [-0.25, -0.2) is 9.59 Å². The smallest absolute Gasteiger partial charge is 0.414 e. The molecule has 0 spiro atoms. The van der Waals surface area contributed by atoms with Gasteiger partial charge in [0.25, 0.3) is 0 Å². The second-order valence-electron chi connectivity index (χ2n) is 7.56. The lowest BCUT2D eigenvalue weighted by Gasteiger charge is -2.37. The molecule has 1 fully saturated rings. The Morgan fingerprint density at radius 2 is 2.04 bits per heavy atom. The van der Waals surface area contributed by atoms with Crippen LogP contribution in [0.2, 0.25) is 0 Å². The maximum absolute atomic E-state index is 12.6. The lowest BCUT2D eigenvalue weighted by Crippen LogP contribution is -2.57. The fraction of sp³-hybridized carbons (Fsp3) is 0.450. The molecular weight excluding hydrogens is 348 g/mol. The van der Waals surface area contributed by atoms with Crippen LogP contribution in [0.1, 0.15) is 33.3 Å². The van der Waals surface area contributed by atoms with Crippen LogP contribution in [-0.4, -0.2) is 41.9 Å². The van der Waals surface area contributed by atoms with E-state index < -0.39 is 29.2 Å². The molecule has 2 rings (SSSR count). The number of nitrogens with zero attached hydrogens (tertiary/aromatic N) is 2. The summed E-state index contributed by atoms with van der Waals surface area (Å²) in [6.45, 7) is 10.6. The van der Waals surface area contributed by atoms with E-state index in [1.165, 1.54) is 11.0 Å². The molecule has 1 amide bonds. The van der Waals surface area contributed by atoms with Crippen molar-refractivity contribution in [3.05, 3.63) is 42.5 Å². The predicted molar refractivity (Wildman–Crippen MR) is 97.8 cm³/mol. The number of amides is 1. The molecule has 1 heterocycles. The quantitative estimate of drug-likeness (QED) is 0.582. The zero-order valence-electron chi connectivity index (χ0n) is 16.0. The summed E-state index contributed by atoms with van der Waals surface area (Å²) < 4.78 is 16.4. The van der Waals surface area contributed by atoms with E-state index in [1.54, 1.807) is 31.2 Å². The third-order valence-corrected chi connectivity index (χ3v) is 4.19. The number of hydrogen-bond donors (Lipinski definition) is 0. The summed E-state index contributed by atoms with van der Waals surface area (Å²) in [6.07, 6.45) is -0.0173. The minimum Gasteiger partial charge on any atom is -0.491 e. The Morgan fingerprint density at radius 1 is 1.41 bits per heavy atom. The maximum atomic E-state index is 12.6. The fourth-order valence-corrected chi connectivity index (χ4v) is 2.68. The number of benzene rings is 1. The molecule has 1 aliphatic rings. The van der Waals surface area contributed by atoms with Gasteiger partial charge in [0.1, 0.15) is 19.0 Å². The number of rotatable bonds is 5. The van der Waals surface area contributed by atoms with Gasteiger partial charge in [0.05, 0.1) is 11.6 Å². The number of carbonyl (C=O) groups excluding carboxylic acids is 2. The number of ether oxygens (including phenoxy) is 3. The monoisotopic (exact) mass is 372 g/mol. The van der Waals surface area contributed by atoms with Crippen molar-refractivity contribution in [3.63, 3.8) is 0 Å². The van der Waals surface area contributed by atoms with Crippen molar-refractivity contribution in [3.8, 4) is 11.8 Å². The van der Waals surface area contributed by atoms with Crippen LogP contribution in [-0.2, 0) is 14.3 Å². The van der Waals surface area contributed by atoms with Crippen molar-refractivity contribution in [1.82, 2.24) is 4.90 Å². The summed E-state index contributed by atoms with van der Waals surface area (Å²) in [5.41, 5.74) is -1.38. The molecular formula is C20H24N2O5. The van der Waals surface area contributed by atoms with Crippen LogP contribution < -0.4 is 4.74 Å². The van der Waals surface area contributed by atoms with Gasteiger partial charge in [0, 0.05) is 5.41 Å². The first-order valence-corrected chi connectivity index (χ1v) is 8.54. The van der Waals surface area contributed by atoms with Gasteiger partial charge in [0.2, 0.25) is 0 Å². The highest BCUT2D eigenvalue weighted by atomic mass is 16.6. The Balaban J connectivity index is 2.27. The zero-order chi connectivity index (χ0) is 20.2. The van der Waals surface area contributed by atoms with Crippen LogP contribution in [0.5, 0.6) is 5.75 Å². The van der Waals surface area contributed by atoms with E-state index in [2.05, 4.69) is 6.58 Å². The molecule has 0 N–H and O–H groups in total. The van der Waals surface area contributed by atoms with Crippen molar-refractivity contribution < 1.29 is 23.8 Å². The van der Waals surface area contributed by atoms with E-state index in [9.17, 15) is 9.59 Å². The molecule has 144 valence electrons. The van der Waals surface area contributed by atoms with E-state index >= 15 is 0 Å². The second-order valence-corrected chi connectivity index (χ2v) is 7.56. The zero-order valence-corrected chi connectivity index (χ0v) is 16.0. The summed E-state index contributed by atoms with van der Waals surface area (Å²) in [7, 11) is 0. The minimum atomic E-state index is -1.36. The molecule has 1 saturated heterocycles. The fourth-order valence-electron chi connectivity index (χ4n) is 2.68. The Morgan fingerprint density at radius 3 is 2.56 bits per heavy atom.